The largest absolute Gasteiger partial charge is 0.497 e. The summed E-state index contributed by atoms with van der Waals surface area (Å²) in [6, 6.07) is 5.58. The summed E-state index contributed by atoms with van der Waals surface area (Å²) >= 11 is 1.27. The van der Waals surface area contributed by atoms with Gasteiger partial charge in [-0.3, -0.25) is 10.1 Å². The lowest BCUT2D eigenvalue weighted by Gasteiger charge is -1.98. The van der Waals surface area contributed by atoms with Gasteiger partial charge in [0.05, 0.1) is 23.9 Å². The second kappa shape index (κ2) is 7.32. The van der Waals surface area contributed by atoms with Gasteiger partial charge < -0.3 is 18.9 Å². The number of ether oxygens (including phenoxy) is 2. The van der Waals surface area contributed by atoms with E-state index < -0.39 is 0 Å². The lowest BCUT2D eigenvalue weighted by molar-refractivity contribution is -0.113. The summed E-state index contributed by atoms with van der Waals surface area (Å²) in [5, 5.41) is 10.6. The zero-order chi connectivity index (χ0) is 16.9. The molecule has 1 amide bonds. The van der Waals surface area contributed by atoms with E-state index in [0.717, 1.165) is 16.8 Å². The molecule has 3 aromatic rings. The standard InChI is InChI=1S/C14H15N5O4S/c1-21-6-12-18-19-13(23-12)17-11(20)7-24-14-15-9-4-3-8(22-2)5-10(9)16-14/h3-5H,6-7H2,1-2H3,(H,15,16)(H,17,19,20). The Morgan fingerprint density at radius 3 is 3.04 bits per heavy atom. The molecule has 3 rings (SSSR count). The van der Waals surface area contributed by atoms with Crippen molar-refractivity contribution >= 4 is 34.7 Å². The number of carbonyl (C=O) groups excluding carboxylic acids is 1. The number of hydrogen-bond donors (Lipinski definition) is 2. The van der Waals surface area contributed by atoms with Gasteiger partial charge in [0.2, 0.25) is 11.8 Å². The maximum absolute atomic E-state index is 11.9. The van der Waals surface area contributed by atoms with Gasteiger partial charge in [-0.2, -0.15) is 0 Å². The molecular weight excluding hydrogens is 334 g/mol. The molecule has 0 aliphatic rings. The maximum Gasteiger partial charge on any atom is 0.322 e. The summed E-state index contributed by atoms with van der Waals surface area (Å²) in [5.74, 6) is 0.917. The Hall–Kier alpha value is -2.59. The van der Waals surface area contributed by atoms with Crippen LogP contribution in [0.1, 0.15) is 5.89 Å². The van der Waals surface area contributed by atoms with Crippen LogP contribution in [0.5, 0.6) is 5.75 Å². The van der Waals surface area contributed by atoms with Crippen molar-refractivity contribution in [3.05, 3.63) is 24.1 Å². The minimum atomic E-state index is -0.273. The molecule has 0 saturated carbocycles. The number of benzene rings is 1. The summed E-state index contributed by atoms with van der Waals surface area (Å²) in [6.07, 6.45) is 0. The van der Waals surface area contributed by atoms with Crippen LogP contribution < -0.4 is 10.1 Å². The molecule has 2 aromatic heterocycles. The third-order valence-corrected chi connectivity index (χ3v) is 3.86. The van der Waals surface area contributed by atoms with Crippen LogP contribution in [0.4, 0.5) is 6.01 Å². The number of rotatable bonds is 7. The van der Waals surface area contributed by atoms with Crippen LogP contribution in [0, 0.1) is 0 Å². The van der Waals surface area contributed by atoms with E-state index in [1.807, 2.05) is 18.2 Å². The number of nitrogens with zero attached hydrogens (tertiary/aromatic N) is 3. The Morgan fingerprint density at radius 2 is 2.25 bits per heavy atom. The number of H-pyrrole nitrogens is 1. The van der Waals surface area contributed by atoms with Gasteiger partial charge in [-0.05, 0) is 12.1 Å². The Kier molecular flexibility index (Phi) is 4.96. The predicted molar refractivity (Wildman–Crippen MR) is 87.0 cm³/mol. The number of anilines is 1. The van der Waals surface area contributed by atoms with Crippen LogP contribution in [0.2, 0.25) is 0 Å². The molecule has 1 aromatic carbocycles. The Labute approximate surface area is 141 Å². The molecule has 0 aliphatic heterocycles. The van der Waals surface area contributed by atoms with Crippen molar-refractivity contribution in [3.63, 3.8) is 0 Å². The molecule has 0 fully saturated rings. The van der Waals surface area contributed by atoms with Crippen molar-refractivity contribution in [2.24, 2.45) is 0 Å². The van der Waals surface area contributed by atoms with E-state index in [9.17, 15) is 4.79 Å². The van der Waals surface area contributed by atoms with Crippen LogP contribution in [0.3, 0.4) is 0 Å². The molecule has 24 heavy (non-hydrogen) atoms. The summed E-state index contributed by atoms with van der Waals surface area (Å²) in [7, 11) is 3.12. The number of fused-ring (bicyclic) bond motifs is 1. The fourth-order valence-electron chi connectivity index (χ4n) is 1.94. The van der Waals surface area contributed by atoms with Crippen LogP contribution in [0.25, 0.3) is 11.0 Å². The molecule has 0 spiro atoms. The second-order valence-corrected chi connectivity index (χ2v) is 5.66. The smallest absolute Gasteiger partial charge is 0.322 e. The van der Waals surface area contributed by atoms with Crippen molar-refractivity contribution in [3.8, 4) is 5.75 Å². The number of carbonyl (C=O) groups is 1. The van der Waals surface area contributed by atoms with Gasteiger partial charge in [0, 0.05) is 13.2 Å². The third-order valence-electron chi connectivity index (χ3n) is 2.99. The molecular formula is C14H15N5O4S. The average Bonchev–Trinajstić information content (AvgIpc) is 3.18. The van der Waals surface area contributed by atoms with Gasteiger partial charge in [0.25, 0.3) is 0 Å². The summed E-state index contributed by atoms with van der Waals surface area (Å²) < 4.78 is 15.2. The number of nitrogens with one attached hydrogen (secondary N) is 2. The van der Waals surface area contributed by atoms with Crippen LogP contribution >= 0.6 is 11.8 Å². The fourth-order valence-corrected chi connectivity index (χ4v) is 2.62. The van der Waals surface area contributed by atoms with Crippen molar-refractivity contribution in [1.29, 1.82) is 0 Å². The Bertz CT molecular complexity index is 847. The van der Waals surface area contributed by atoms with Crippen molar-refractivity contribution in [2.45, 2.75) is 11.8 Å². The lowest BCUT2D eigenvalue weighted by Crippen LogP contribution is -2.14. The molecule has 10 heteroatoms. The number of thioether (sulfide) groups is 1. The van der Waals surface area contributed by atoms with Crippen LogP contribution in [-0.4, -0.2) is 46.0 Å². The molecule has 0 bridgehead atoms. The molecule has 2 N–H and O–H groups in total. The van der Waals surface area contributed by atoms with Gasteiger partial charge >= 0.3 is 6.01 Å². The van der Waals surface area contributed by atoms with Gasteiger partial charge in [0.15, 0.2) is 5.16 Å². The predicted octanol–water partition coefficient (Wildman–Crippen LogP) is 1.83. The number of imidazole rings is 1. The maximum atomic E-state index is 11.9. The zero-order valence-corrected chi connectivity index (χ0v) is 13.8. The van der Waals surface area contributed by atoms with Gasteiger partial charge in [-0.25, -0.2) is 4.98 Å². The number of hydrogen-bond acceptors (Lipinski definition) is 8. The SMILES string of the molecule is COCc1nnc(NC(=O)CSc2nc3ccc(OC)cc3[nH]2)o1. The van der Waals surface area contributed by atoms with Crippen LogP contribution in [0.15, 0.2) is 27.8 Å². The highest BCUT2D eigenvalue weighted by atomic mass is 32.2. The zero-order valence-electron chi connectivity index (χ0n) is 13.0. The van der Waals surface area contributed by atoms with Crippen molar-refractivity contribution in [1.82, 2.24) is 20.2 Å². The molecule has 126 valence electrons. The minimum absolute atomic E-state index is 0.0435. The second-order valence-electron chi connectivity index (χ2n) is 4.70. The first kappa shape index (κ1) is 16.3. The molecule has 0 atom stereocenters. The van der Waals surface area contributed by atoms with Crippen molar-refractivity contribution in [2.75, 3.05) is 25.3 Å². The number of aromatic nitrogens is 4. The van der Waals surface area contributed by atoms with E-state index in [-0.39, 0.29) is 24.3 Å². The first-order valence-corrected chi connectivity index (χ1v) is 7.94. The molecule has 9 nitrogen and oxygen atoms in total. The Balaban J connectivity index is 1.57. The quantitative estimate of drug-likeness (QED) is 0.621. The van der Waals surface area contributed by atoms with E-state index in [0.29, 0.717) is 11.0 Å². The molecule has 0 aliphatic carbocycles. The third kappa shape index (κ3) is 3.84. The summed E-state index contributed by atoms with van der Waals surface area (Å²) in [6.45, 7) is 0.195. The molecule has 0 radical (unpaired) electrons. The van der Waals surface area contributed by atoms with Crippen molar-refractivity contribution < 1.29 is 18.7 Å². The van der Waals surface area contributed by atoms with Gasteiger partial charge in [0.1, 0.15) is 12.4 Å². The highest BCUT2D eigenvalue weighted by Gasteiger charge is 2.11. The fraction of sp³-hybridized carbons (Fsp3) is 0.286. The van der Waals surface area contributed by atoms with E-state index in [2.05, 4.69) is 25.5 Å². The first-order chi connectivity index (χ1) is 11.7. The van der Waals surface area contributed by atoms with E-state index >= 15 is 0 Å². The number of aromatic amines is 1. The van der Waals surface area contributed by atoms with E-state index in [1.165, 1.54) is 18.9 Å². The normalized spacial score (nSPS) is 10.9. The lowest BCUT2D eigenvalue weighted by atomic mass is 10.3. The minimum Gasteiger partial charge on any atom is -0.497 e. The highest BCUT2D eigenvalue weighted by Crippen LogP contribution is 2.23. The monoisotopic (exact) mass is 349 g/mol. The Morgan fingerprint density at radius 1 is 1.38 bits per heavy atom. The highest BCUT2D eigenvalue weighted by molar-refractivity contribution is 7.99. The summed E-state index contributed by atoms with van der Waals surface area (Å²) in [5.41, 5.74) is 1.65. The first-order valence-electron chi connectivity index (χ1n) is 6.95. The van der Waals surface area contributed by atoms with E-state index in [1.54, 1.807) is 7.11 Å². The average molecular weight is 349 g/mol. The van der Waals surface area contributed by atoms with Gasteiger partial charge in [-0.15, -0.1) is 5.10 Å². The number of amides is 1. The van der Waals surface area contributed by atoms with Gasteiger partial charge in [-0.1, -0.05) is 16.9 Å². The van der Waals surface area contributed by atoms with E-state index in [4.69, 9.17) is 13.9 Å². The molecule has 2 heterocycles. The molecule has 0 unspecified atom stereocenters. The van der Waals surface area contributed by atoms with Crippen LogP contribution in [-0.2, 0) is 16.1 Å². The molecule has 0 saturated heterocycles. The topological polar surface area (TPSA) is 115 Å². The number of methoxy groups -OCH3 is 2. The summed E-state index contributed by atoms with van der Waals surface area (Å²) in [4.78, 5) is 19.4.